The Bertz CT molecular complexity index is 907. The molecule has 2 rings (SSSR count). The molecule has 0 radical (unpaired) electrons. The summed E-state index contributed by atoms with van der Waals surface area (Å²) in [6.45, 7) is 15.1. The van der Waals surface area contributed by atoms with Gasteiger partial charge in [0.05, 0.1) is 4.88 Å². The third-order valence-corrected chi connectivity index (χ3v) is 5.04. The molecule has 1 heterocycles. The lowest BCUT2D eigenvalue weighted by molar-refractivity contribution is 0.00683. The zero-order chi connectivity index (χ0) is 22.0. The molecule has 0 saturated heterocycles. The minimum Gasteiger partial charge on any atom is -0.489 e. The average Bonchev–Trinajstić information content (AvgIpc) is 2.86. The van der Waals surface area contributed by atoms with Crippen molar-refractivity contribution in [2.45, 2.75) is 52.7 Å². The van der Waals surface area contributed by atoms with E-state index in [1.807, 2.05) is 32.9 Å². The number of thiophene rings is 1. The molecule has 0 bridgehead atoms. The molecule has 7 heteroatoms. The lowest BCUT2D eigenvalue weighted by Crippen LogP contribution is -2.24. The van der Waals surface area contributed by atoms with Crippen molar-refractivity contribution in [3.8, 4) is 16.2 Å². The van der Waals surface area contributed by atoms with Crippen molar-refractivity contribution >= 4 is 34.6 Å². The summed E-state index contributed by atoms with van der Waals surface area (Å²) in [6.07, 6.45) is 0. The first kappa shape index (κ1) is 23.1. The highest BCUT2D eigenvalue weighted by Crippen LogP contribution is 2.46. The fourth-order valence-electron chi connectivity index (χ4n) is 2.46. The van der Waals surface area contributed by atoms with E-state index in [1.165, 1.54) is 11.3 Å². The Morgan fingerprint density at radius 3 is 2.31 bits per heavy atom. The van der Waals surface area contributed by atoms with Crippen molar-refractivity contribution in [1.82, 2.24) is 0 Å². The molecule has 0 saturated carbocycles. The first-order valence-corrected chi connectivity index (χ1v) is 10.4. The van der Waals surface area contributed by atoms with E-state index in [-0.39, 0.29) is 17.2 Å². The van der Waals surface area contributed by atoms with E-state index >= 15 is 0 Å². The number of nitrogen functional groups attached to an aromatic ring is 1. The monoisotopic (exact) mass is 437 g/mol. The van der Waals surface area contributed by atoms with Gasteiger partial charge in [0.15, 0.2) is 10.6 Å². The maximum Gasteiger partial charge on any atom is 0.352 e. The molecule has 0 aliphatic carbocycles. The molecule has 2 N–H and O–H groups in total. The molecule has 0 unspecified atom stereocenters. The topological polar surface area (TPSA) is 70.8 Å². The van der Waals surface area contributed by atoms with Crippen molar-refractivity contribution in [2.75, 3.05) is 12.3 Å². The second-order valence-electron chi connectivity index (χ2n) is 8.57. The molecular weight excluding hydrogens is 410 g/mol. The van der Waals surface area contributed by atoms with Gasteiger partial charge in [-0.25, -0.2) is 4.79 Å². The van der Waals surface area contributed by atoms with Crippen LogP contribution in [-0.4, -0.2) is 23.8 Å². The first-order valence-electron chi connectivity index (χ1n) is 9.18. The number of hydrogen-bond acceptors (Lipinski definition) is 6. The molecule has 0 aliphatic rings. The lowest BCUT2D eigenvalue weighted by atomic mass is 10.1. The van der Waals surface area contributed by atoms with Crippen LogP contribution in [0.3, 0.4) is 0 Å². The van der Waals surface area contributed by atoms with Crippen LogP contribution in [0.4, 0.5) is 5.69 Å². The summed E-state index contributed by atoms with van der Waals surface area (Å²) in [4.78, 5) is 13.8. The number of halogens is 1. The van der Waals surface area contributed by atoms with E-state index in [1.54, 1.807) is 32.9 Å². The van der Waals surface area contributed by atoms with E-state index in [0.29, 0.717) is 21.3 Å². The molecule has 1 aromatic carbocycles. The van der Waals surface area contributed by atoms with Crippen LogP contribution in [0.1, 0.15) is 51.2 Å². The fourth-order valence-corrected chi connectivity index (χ4v) is 3.90. The van der Waals surface area contributed by atoms with Crippen LogP contribution in [-0.2, 0) is 9.47 Å². The molecule has 2 aromatic rings. The SMILES string of the molecule is C=C(COc1c(C(=O)OC(C)(C)C)sc(-c2cccc(N)c2)c1Cl)OC(C)(C)C. The largest absolute Gasteiger partial charge is 0.489 e. The van der Waals surface area contributed by atoms with Gasteiger partial charge in [-0.2, -0.15) is 0 Å². The van der Waals surface area contributed by atoms with E-state index in [4.69, 9.17) is 31.5 Å². The summed E-state index contributed by atoms with van der Waals surface area (Å²) in [7, 11) is 0. The molecule has 0 aliphatic heterocycles. The zero-order valence-corrected chi connectivity index (χ0v) is 19.3. The van der Waals surface area contributed by atoms with E-state index in [0.717, 1.165) is 5.56 Å². The lowest BCUT2D eigenvalue weighted by Gasteiger charge is -2.23. The molecule has 29 heavy (non-hydrogen) atoms. The first-order chi connectivity index (χ1) is 13.3. The van der Waals surface area contributed by atoms with Crippen molar-refractivity contribution in [1.29, 1.82) is 0 Å². The summed E-state index contributed by atoms with van der Waals surface area (Å²) in [5, 5.41) is 0.324. The Labute approximate surface area is 181 Å². The zero-order valence-electron chi connectivity index (χ0n) is 17.7. The van der Waals surface area contributed by atoms with Crippen LogP contribution in [0.5, 0.6) is 5.75 Å². The van der Waals surface area contributed by atoms with Crippen LogP contribution in [0.2, 0.25) is 5.02 Å². The molecule has 0 amide bonds. The number of anilines is 1. The van der Waals surface area contributed by atoms with E-state index < -0.39 is 17.2 Å². The number of ether oxygens (including phenoxy) is 3. The van der Waals surface area contributed by atoms with Crippen LogP contribution in [0, 0.1) is 0 Å². The smallest absolute Gasteiger partial charge is 0.352 e. The van der Waals surface area contributed by atoms with Gasteiger partial charge < -0.3 is 19.9 Å². The number of nitrogens with two attached hydrogens (primary N) is 1. The predicted octanol–water partition coefficient (Wildman–Crippen LogP) is 6.31. The van der Waals surface area contributed by atoms with E-state index in [9.17, 15) is 4.79 Å². The third kappa shape index (κ3) is 6.68. The Balaban J connectivity index is 2.41. The molecule has 0 spiro atoms. The second-order valence-corrected chi connectivity index (χ2v) is 9.97. The summed E-state index contributed by atoms with van der Waals surface area (Å²) >= 11 is 7.82. The van der Waals surface area contributed by atoms with Crippen LogP contribution in [0.25, 0.3) is 10.4 Å². The summed E-state index contributed by atoms with van der Waals surface area (Å²) in [6, 6.07) is 7.28. The van der Waals surface area contributed by atoms with Crippen LogP contribution >= 0.6 is 22.9 Å². The molecule has 158 valence electrons. The molecule has 0 atom stereocenters. The highest BCUT2D eigenvalue weighted by atomic mass is 35.5. The standard InChI is InChI=1S/C22H28ClNO4S/c1-13(27-21(2,3)4)12-26-17-16(23)18(14-9-8-10-15(24)11-14)29-19(17)20(25)28-22(5,6)7/h8-11H,1,12,24H2,2-7H3. The fraction of sp³-hybridized carbons (Fsp3) is 0.409. The van der Waals surface area contributed by atoms with Gasteiger partial charge in [-0.3, -0.25) is 0 Å². The van der Waals surface area contributed by atoms with Gasteiger partial charge in [-0.1, -0.05) is 30.3 Å². The van der Waals surface area contributed by atoms with Gasteiger partial charge in [0.2, 0.25) is 0 Å². The summed E-state index contributed by atoms with van der Waals surface area (Å²) < 4.78 is 17.1. The maximum absolute atomic E-state index is 12.8. The van der Waals surface area contributed by atoms with Gasteiger partial charge in [-0.05, 0) is 59.2 Å². The summed E-state index contributed by atoms with van der Waals surface area (Å²) in [5.41, 5.74) is 6.24. The Hall–Kier alpha value is -2.18. The number of hydrogen-bond donors (Lipinski definition) is 1. The maximum atomic E-state index is 12.8. The molecule has 1 aromatic heterocycles. The molecule has 0 fully saturated rings. The Morgan fingerprint density at radius 2 is 1.76 bits per heavy atom. The minimum absolute atomic E-state index is 0.0554. The number of benzene rings is 1. The van der Waals surface area contributed by atoms with Gasteiger partial charge >= 0.3 is 5.97 Å². The number of carbonyl (C=O) groups excluding carboxylic acids is 1. The van der Waals surface area contributed by atoms with Crippen LogP contribution in [0.15, 0.2) is 36.6 Å². The average molecular weight is 438 g/mol. The highest BCUT2D eigenvalue weighted by molar-refractivity contribution is 7.18. The highest BCUT2D eigenvalue weighted by Gasteiger charge is 2.28. The number of esters is 1. The van der Waals surface area contributed by atoms with Crippen molar-refractivity contribution in [3.63, 3.8) is 0 Å². The third-order valence-electron chi connectivity index (χ3n) is 3.37. The van der Waals surface area contributed by atoms with Gasteiger partial charge in [-0.15, -0.1) is 11.3 Å². The quantitative estimate of drug-likeness (QED) is 0.325. The molecular formula is C22H28ClNO4S. The van der Waals surface area contributed by atoms with Crippen molar-refractivity contribution in [3.05, 3.63) is 46.5 Å². The van der Waals surface area contributed by atoms with Crippen LogP contribution < -0.4 is 10.5 Å². The van der Waals surface area contributed by atoms with E-state index in [2.05, 4.69) is 6.58 Å². The Kier molecular flexibility index (Phi) is 6.91. The summed E-state index contributed by atoms with van der Waals surface area (Å²) in [5.74, 6) is 0.180. The number of rotatable bonds is 6. The minimum atomic E-state index is -0.652. The molecule has 5 nitrogen and oxygen atoms in total. The predicted molar refractivity (Wildman–Crippen MR) is 120 cm³/mol. The van der Waals surface area contributed by atoms with Crippen molar-refractivity contribution < 1.29 is 19.0 Å². The second kappa shape index (κ2) is 8.67. The van der Waals surface area contributed by atoms with Gasteiger partial charge in [0.1, 0.15) is 28.6 Å². The normalized spacial score (nSPS) is 11.8. The van der Waals surface area contributed by atoms with Crippen molar-refractivity contribution in [2.24, 2.45) is 0 Å². The van der Waals surface area contributed by atoms with Gasteiger partial charge in [0.25, 0.3) is 0 Å². The van der Waals surface area contributed by atoms with Gasteiger partial charge in [0, 0.05) is 5.69 Å². The Morgan fingerprint density at radius 1 is 1.14 bits per heavy atom. The number of carbonyl (C=O) groups is 1.